The highest BCUT2D eigenvalue weighted by atomic mass is 35.5. The zero-order valence-corrected chi connectivity index (χ0v) is 9.48. The van der Waals surface area contributed by atoms with Gasteiger partial charge in [0, 0.05) is 18.1 Å². The molecule has 1 aromatic carbocycles. The molecule has 17 heavy (non-hydrogen) atoms. The van der Waals surface area contributed by atoms with Gasteiger partial charge >= 0.3 is 12.1 Å². The highest BCUT2D eigenvalue weighted by molar-refractivity contribution is 6.31. The highest BCUT2D eigenvalue weighted by Crippen LogP contribution is 2.28. The third kappa shape index (κ3) is 2.39. The molecule has 92 valence electrons. The van der Waals surface area contributed by atoms with Crippen LogP contribution in [0.3, 0.4) is 0 Å². The van der Waals surface area contributed by atoms with Crippen molar-refractivity contribution in [2.45, 2.75) is 19.1 Å². The molecule has 0 saturated carbocycles. The molecular formula is C11H9ClF3NO. The maximum absolute atomic E-state index is 12.3. The maximum atomic E-state index is 12.3. The summed E-state index contributed by atoms with van der Waals surface area (Å²) in [5, 5.41) is 0.405. The van der Waals surface area contributed by atoms with Crippen LogP contribution < -0.4 is 0 Å². The van der Waals surface area contributed by atoms with Crippen molar-refractivity contribution >= 4 is 17.5 Å². The summed E-state index contributed by atoms with van der Waals surface area (Å²) in [5.41, 5.74) is 1.52. The van der Waals surface area contributed by atoms with Gasteiger partial charge in [-0.2, -0.15) is 13.2 Å². The number of amides is 1. The van der Waals surface area contributed by atoms with Gasteiger partial charge in [0.15, 0.2) is 0 Å². The Bertz CT molecular complexity index is 459. The molecule has 0 N–H and O–H groups in total. The molecule has 0 spiro atoms. The fourth-order valence-electron chi connectivity index (χ4n) is 1.89. The number of carbonyl (C=O) groups excluding carboxylic acids is 1. The molecule has 2 nitrogen and oxygen atoms in total. The summed E-state index contributed by atoms with van der Waals surface area (Å²) in [7, 11) is 0. The molecule has 1 heterocycles. The zero-order valence-electron chi connectivity index (χ0n) is 8.72. The van der Waals surface area contributed by atoms with Gasteiger partial charge in [-0.05, 0) is 23.6 Å². The van der Waals surface area contributed by atoms with Crippen LogP contribution in [0.15, 0.2) is 18.2 Å². The summed E-state index contributed by atoms with van der Waals surface area (Å²) in [6, 6.07) is 5.18. The Morgan fingerprint density at radius 3 is 2.71 bits per heavy atom. The normalized spacial score (nSPS) is 15.6. The summed E-state index contributed by atoms with van der Waals surface area (Å²) < 4.78 is 36.9. The van der Waals surface area contributed by atoms with Gasteiger partial charge in [-0.25, -0.2) is 0 Å². The number of benzene rings is 1. The summed E-state index contributed by atoms with van der Waals surface area (Å²) in [6.45, 7) is -0.000957. The van der Waals surface area contributed by atoms with E-state index in [0.717, 1.165) is 10.5 Å². The van der Waals surface area contributed by atoms with E-state index in [9.17, 15) is 18.0 Å². The van der Waals surface area contributed by atoms with Crippen LogP contribution in [0.5, 0.6) is 0 Å². The molecule has 6 heteroatoms. The third-order valence-corrected chi connectivity index (χ3v) is 3.10. The molecule has 1 aliphatic heterocycles. The van der Waals surface area contributed by atoms with E-state index in [1.807, 2.05) is 6.07 Å². The van der Waals surface area contributed by atoms with Gasteiger partial charge < -0.3 is 4.90 Å². The number of hydrogen-bond donors (Lipinski definition) is 0. The van der Waals surface area contributed by atoms with Gasteiger partial charge in [-0.1, -0.05) is 23.7 Å². The Labute approximate surface area is 101 Å². The predicted molar refractivity (Wildman–Crippen MR) is 56.6 cm³/mol. The molecule has 0 fully saturated rings. The number of fused-ring (bicyclic) bond motifs is 1. The first-order valence-corrected chi connectivity index (χ1v) is 5.40. The number of rotatable bonds is 0. The van der Waals surface area contributed by atoms with Crippen molar-refractivity contribution in [2.75, 3.05) is 6.54 Å². The lowest BCUT2D eigenvalue weighted by atomic mass is 10.00. The van der Waals surface area contributed by atoms with E-state index in [4.69, 9.17) is 11.6 Å². The number of nitrogens with zero attached hydrogens (tertiary/aromatic N) is 1. The van der Waals surface area contributed by atoms with Crippen molar-refractivity contribution in [1.29, 1.82) is 0 Å². The van der Waals surface area contributed by atoms with E-state index in [2.05, 4.69) is 0 Å². The van der Waals surface area contributed by atoms with Crippen molar-refractivity contribution in [3.05, 3.63) is 34.3 Å². The van der Waals surface area contributed by atoms with E-state index in [-0.39, 0.29) is 13.1 Å². The van der Waals surface area contributed by atoms with Crippen LogP contribution in [0.2, 0.25) is 5.02 Å². The molecule has 0 saturated heterocycles. The molecule has 1 amide bonds. The van der Waals surface area contributed by atoms with E-state index < -0.39 is 12.1 Å². The van der Waals surface area contributed by atoms with E-state index in [1.54, 1.807) is 12.1 Å². The Morgan fingerprint density at radius 2 is 2.06 bits per heavy atom. The van der Waals surface area contributed by atoms with Crippen LogP contribution in [0.25, 0.3) is 0 Å². The van der Waals surface area contributed by atoms with Crippen molar-refractivity contribution in [1.82, 2.24) is 4.90 Å². The fraction of sp³-hybridized carbons (Fsp3) is 0.364. The molecular weight excluding hydrogens is 255 g/mol. The minimum Gasteiger partial charge on any atom is -0.330 e. The summed E-state index contributed by atoms with van der Waals surface area (Å²) in [5.74, 6) is -1.80. The smallest absolute Gasteiger partial charge is 0.330 e. The molecule has 2 rings (SSSR count). The van der Waals surface area contributed by atoms with E-state index in [0.29, 0.717) is 17.0 Å². The first-order chi connectivity index (χ1) is 7.89. The second-order valence-corrected chi connectivity index (χ2v) is 4.26. The minimum absolute atomic E-state index is 0.0751. The van der Waals surface area contributed by atoms with Crippen LogP contribution >= 0.6 is 11.6 Å². The third-order valence-electron chi connectivity index (χ3n) is 2.75. The topological polar surface area (TPSA) is 20.3 Å². The quantitative estimate of drug-likeness (QED) is 0.705. The lowest BCUT2D eigenvalue weighted by Gasteiger charge is -2.29. The maximum Gasteiger partial charge on any atom is 0.471 e. The number of hydrogen-bond acceptors (Lipinski definition) is 1. The van der Waals surface area contributed by atoms with Crippen LogP contribution in [0, 0.1) is 0 Å². The lowest BCUT2D eigenvalue weighted by molar-refractivity contribution is -0.186. The van der Waals surface area contributed by atoms with E-state index in [1.165, 1.54) is 0 Å². The molecule has 0 bridgehead atoms. The van der Waals surface area contributed by atoms with Crippen LogP contribution in [0.1, 0.15) is 11.1 Å². The second kappa shape index (κ2) is 4.22. The van der Waals surface area contributed by atoms with E-state index >= 15 is 0 Å². The van der Waals surface area contributed by atoms with Crippen molar-refractivity contribution < 1.29 is 18.0 Å². The Balaban J connectivity index is 2.25. The number of halogens is 4. The molecule has 0 aromatic heterocycles. The van der Waals surface area contributed by atoms with Gasteiger partial charge in [0.05, 0.1) is 0 Å². The highest BCUT2D eigenvalue weighted by Gasteiger charge is 2.43. The molecule has 0 aliphatic carbocycles. The minimum atomic E-state index is -4.82. The monoisotopic (exact) mass is 263 g/mol. The first kappa shape index (κ1) is 12.2. The lowest BCUT2D eigenvalue weighted by Crippen LogP contribution is -2.43. The SMILES string of the molecule is O=C(N1CCc2cccc(Cl)c2C1)C(F)(F)F. The zero-order chi connectivity index (χ0) is 12.6. The van der Waals surface area contributed by atoms with Crippen molar-refractivity contribution in [3.63, 3.8) is 0 Å². The number of alkyl halides is 3. The van der Waals surface area contributed by atoms with Crippen molar-refractivity contribution in [3.8, 4) is 0 Å². The van der Waals surface area contributed by atoms with Gasteiger partial charge in [-0.15, -0.1) is 0 Å². The fourth-order valence-corrected chi connectivity index (χ4v) is 2.15. The Morgan fingerprint density at radius 1 is 1.35 bits per heavy atom. The van der Waals surface area contributed by atoms with Crippen molar-refractivity contribution in [2.24, 2.45) is 0 Å². The Hall–Kier alpha value is -1.23. The van der Waals surface area contributed by atoms with Crippen LogP contribution in [0.4, 0.5) is 13.2 Å². The predicted octanol–water partition coefficient (Wildman–Crippen LogP) is 2.79. The Kier molecular flexibility index (Phi) is 3.03. The van der Waals surface area contributed by atoms with Gasteiger partial charge in [0.25, 0.3) is 0 Å². The molecule has 1 aliphatic rings. The average Bonchev–Trinajstić information content (AvgIpc) is 2.27. The summed E-state index contributed by atoms with van der Waals surface area (Å²) in [6.07, 6.45) is -4.42. The first-order valence-electron chi connectivity index (χ1n) is 5.02. The molecule has 0 atom stereocenters. The van der Waals surface area contributed by atoms with Gasteiger partial charge in [0.2, 0.25) is 0 Å². The van der Waals surface area contributed by atoms with Crippen LogP contribution in [-0.2, 0) is 17.8 Å². The summed E-state index contributed by atoms with van der Waals surface area (Å²) in [4.78, 5) is 11.9. The standard InChI is InChI=1S/C11H9ClF3NO/c12-9-3-1-2-7-4-5-16(6-8(7)9)10(17)11(13,14)15/h1-3H,4-6H2. The summed E-state index contributed by atoms with van der Waals surface area (Å²) >= 11 is 5.91. The second-order valence-electron chi connectivity index (χ2n) is 3.85. The largest absolute Gasteiger partial charge is 0.471 e. The number of carbonyl (C=O) groups is 1. The van der Waals surface area contributed by atoms with Gasteiger partial charge in [0.1, 0.15) is 0 Å². The van der Waals surface area contributed by atoms with Crippen LogP contribution in [-0.4, -0.2) is 23.5 Å². The molecule has 0 radical (unpaired) electrons. The molecule has 1 aromatic rings. The molecule has 0 unspecified atom stereocenters. The van der Waals surface area contributed by atoms with Gasteiger partial charge in [-0.3, -0.25) is 4.79 Å². The average molecular weight is 264 g/mol.